The van der Waals surface area contributed by atoms with E-state index in [-0.39, 0.29) is 0 Å². The molecule has 0 unspecified atom stereocenters. The molecule has 17 heavy (non-hydrogen) atoms. The number of H-pyrrole nitrogens is 1. The summed E-state index contributed by atoms with van der Waals surface area (Å²) in [6.45, 7) is 1.98. The first-order valence-corrected chi connectivity index (χ1v) is 6.18. The first-order chi connectivity index (χ1) is 8.26. The maximum atomic E-state index is 7.10. The van der Waals surface area contributed by atoms with Gasteiger partial charge in [-0.25, -0.2) is 4.98 Å². The summed E-state index contributed by atoms with van der Waals surface area (Å²) in [5, 5.41) is 12.0. The smallest absolute Gasteiger partial charge is 0.135 e. The Morgan fingerprint density at radius 2 is 2.41 bits per heavy atom. The van der Waals surface area contributed by atoms with E-state index in [0.717, 1.165) is 21.1 Å². The van der Waals surface area contributed by atoms with Gasteiger partial charge in [0.05, 0.1) is 0 Å². The molecule has 2 aromatic rings. The molecule has 2 aromatic heterocycles. The summed E-state index contributed by atoms with van der Waals surface area (Å²) >= 11 is 1.53. The van der Waals surface area contributed by atoms with Crippen molar-refractivity contribution in [1.29, 1.82) is 5.41 Å². The van der Waals surface area contributed by atoms with Crippen LogP contribution in [0.25, 0.3) is 22.7 Å². The second kappa shape index (κ2) is 4.97. The number of nitrogen functional groups attached to an aromatic ring is 1. The Balaban J connectivity index is 2.63. The van der Waals surface area contributed by atoms with Crippen LogP contribution in [0.1, 0.15) is 13.3 Å². The number of nitrogens with one attached hydrogen (secondary N) is 2. The highest BCUT2D eigenvalue weighted by Gasteiger charge is 2.06. The van der Waals surface area contributed by atoms with Crippen molar-refractivity contribution < 1.29 is 0 Å². The van der Waals surface area contributed by atoms with E-state index in [1.165, 1.54) is 17.6 Å². The molecule has 4 N–H and O–H groups in total. The van der Waals surface area contributed by atoms with Gasteiger partial charge >= 0.3 is 0 Å². The summed E-state index contributed by atoms with van der Waals surface area (Å²) < 4.78 is 0. The first-order valence-electron chi connectivity index (χ1n) is 5.30. The number of hydrogen-bond donors (Lipinski definition) is 3. The first kappa shape index (κ1) is 11.6. The van der Waals surface area contributed by atoms with Crippen molar-refractivity contribution in [3.8, 4) is 10.6 Å². The molecule has 0 bridgehead atoms. The fourth-order valence-corrected chi connectivity index (χ4v) is 2.41. The van der Waals surface area contributed by atoms with E-state index in [1.54, 1.807) is 0 Å². The van der Waals surface area contributed by atoms with Crippen LogP contribution in [0.4, 0.5) is 5.82 Å². The summed E-state index contributed by atoms with van der Waals surface area (Å²) in [7, 11) is 0. The van der Waals surface area contributed by atoms with Crippen molar-refractivity contribution in [1.82, 2.24) is 9.97 Å². The Labute approximate surface area is 103 Å². The molecule has 0 saturated heterocycles. The summed E-state index contributed by atoms with van der Waals surface area (Å²) in [5.74, 6) is 0.547. The molecule has 0 aliphatic rings. The molecule has 2 rings (SSSR count). The molecule has 0 fully saturated rings. The Morgan fingerprint density at radius 1 is 1.59 bits per heavy atom. The van der Waals surface area contributed by atoms with Gasteiger partial charge in [-0.05, 0) is 13.1 Å². The summed E-state index contributed by atoms with van der Waals surface area (Å²) in [5.41, 5.74) is 6.68. The van der Waals surface area contributed by atoms with Crippen LogP contribution in [0.3, 0.4) is 0 Å². The van der Waals surface area contributed by atoms with E-state index in [4.69, 9.17) is 11.1 Å². The second-order valence-electron chi connectivity index (χ2n) is 3.54. The molecule has 2 heterocycles. The highest BCUT2D eigenvalue weighted by atomic mass is 32.1. The summed E-state index contributed by atoms with van der Waals surface area (Å²) in [6.07, 6.45) is 7.96. The lowest BCUT2D eigenvalue weighted by Crippen LogP contribution is -2.23. The molecular weight excluding hydrogens is 232 g/mol. The van der Waals surface area contributed by atoms with Crippen LogP contribution in [0.2, 0.25) is 0 Å². The normalized spacial score (nSPS) is 13.2. The highest BCUT2D eigenvalue weighted by Crippen LogP contribution is 2.20. The molecule has 0 saturated carbocycles. The standard InChI is InChI=1S/C12H14N4S/c1-2-10-8(4-3-5-13)9(6-15-10)12-16-11(14)7-17-12/h2,4-7,13,15H,3,14H2,1H3/b8-4-,10-2?,13-5?. The topological polar surface area (TPSA) is 78.6 Å². The Bertz CT molecular complexity index is 636. The Morgan fingerprint density at radius 3 is 3.00 bits per heavy atom. The van der Waals surface area contributed by atoms with Crippen LogP contribution >= 0.6 is 11.3 Å². The van der Waals surface area contributed by atoms with E-state index in [1.807, 2.05) is 30.7 Å². The Hall–Kier alpha value is -1.88. The van der Waals surface area contributed by atoms with Gasteiger partial charge in [0.2, 0.25) is 0 Å². The number of nitrogens with zero attached hydrogens (tertiary/aromatic N) is 1. The highest BCUT2D eigenvalue weighted by molar-refractivity contribution is 7.13. The SMILES string of the molecule is CC=c1[nH]cc(-c2nc(N)cs2)/c1=C/CC=N. The van der Waals surface area contributed by atoms with Crippen LogP contribution in [0.5, 0.6) is 0 Å². The number of thiazole rings is 1. The van der Waals surface area contributed by atoms with Gasteiger partial charge in [0.1, 0.15) is 10.8 Å². The van der Waals surface area contributed by atoms with Gasteiger partial charge in [0, 0.05) is 34.1 Å². The van der Waals surface area contributed by atoms with Crippen molar-refractivity contribution in [2.45, 2.75) is 13.3 Å². The van der Waals surface area contributed by atoms with Crippen LogP contribution in [-0.2, 0) is 0 Å². The lowest BCUT2D eigenvalue weighted by molar-refractivity contribution is 1.31. The molecule has 0 aliphatic carbocycles. The molecule has 0 radical (unpaired) electrons. The van der Waals surface area contributed by atoms with E-state index in [2.05, 4.69) is 9.97 Å². The zero-order valence-electron chi connectivity index (χ0n) is 9.53. The van der Waals surface area contributed by atoms with Gasteiger partial charge in [-0.2, -0.15) is 0 Å². The van der Waals surface area contributed by atoms with Crippen molar-refractivity contribution >= 4 is 35.5 Å². The number of aromatic nitrogens is 2. The van der Waals surface area contributed by atoms with Gasteiger partial charge in [0.25, 0.3) is 0 Å². The van der Waals surface area contributed by atoms with Crippen molar-refractivity contribution in [2.24, 2.45) is 0 Å². The van der Waals surface area contributed by atoms with E-state index < -0.39 is 0 Å². The third-order valence-electron chi connectivity index (χ3n) is 2.43. The molecule has 4 nitrogen and oxygen atoms in total. The number of aromatic amines is 1. The minimum atomic E-state index is 0.547. The van der Waals surface area contributed by atoms with Gasteiger partial charge in [-0.3, -0.25) is 0 Å². The minimum Gasteiger partial charge on any atom is -0.383 e. The van der Waals surface area contributed by atoms with Crippen LogP contribution in [0.15, 0.2) is 11.6 Å². The van der Waals surface area contributed by atoms with Crippen LogP contribution in [-0.4, -0.2) is 16.2 Å². The maximum absolute atomic E-state index is 7.10. The number of rotatable bonds is 3. The third kappa shape index (κ3) is 2.29. The molecule has 0 aliphatic heterocycles. The van der Waals surface area contributed by atoms with E-state index in [9.17, 15) is 0 Å². The molecule has 5 heteroatoms. The Kier molecular flexibility index (Phi) is 3.39. The molecule has 0 atom stereocenters. The summed E-state index contributed by atoms with van der Waals surface area (Å²) in [6, 6.07) is 0. The largest absolute Gasteiger partial charge is 0.383 e. The van der Waals surface area contributed by atoms with Crippen LogP contribution < -0.4 is 16.3 Å². The third-order valence-corrected chi connectivity index (χ3v) is 3.33. The number of anilines is 1. The lowest BCUT2D eigenvalue weighted by Gasteiger charge is -1.90. The molecule has 88 valence electrons. The predicted molar refractivity (Wildman–Crippen MR) is 73.6 cm³/mol. The molecule has 0 aromatic carbocycles. The van der Waals surface area contributed by atoms with Crippen molar-refractivity contribution in [2.75, 3.05) is 5.73 Å². The average Bonchev–Trinajstić information content (AvgIpc) is 2.91. The van der Waals surface area contributed by atoms with Gasteiger partial charge in [-0.15, -0.1) is 11.3 Å². The fraction of sp³-hybridized carbons (Fsp3) is 0.167. The monoisotopic (exact) mass is 246 g/mol. The van der Waals surface area contributed by atoms with Crippen LogP contribution in [0, 0.1) is 5.41 Å². The predicted octanol–water partition coefficient (Wildman–Crippen LogP) is 1.34. The number of hydrogen-bond acceptors (Lipinski definition) is 4. The van der Waals surface area contributed by atoms with Gasteiger partial charge < -0.3 is 16.1 Å². The van der Waals surface area contributed by atoms with Crippen molar-refractivity contribution in [3.05, 3.63) is 22.1 Å². The fourth-order valence-electron chi connectivity index (χ4n) is 1.67. The average molecular weight is 246 g/mol. The lowest BCUT2D eigenvalue weighted by atomic mass is 10.2. The quantitative estimate of drug-likeness (QED) is 0.715. The molecule has 0 amide bonds. The van der Waals surface area contributed by atoms with E-state index >= 15 is 0 Å². The molecular formula is C12H14N4S. The maximum Gasteiger partial charge on any atom is 0.135 e. The van der Waals surface area contributed by atoms with Gasteiger partial charge in [0.15, 0.2) is 0 Å². The molecule has 0 spiro atoms. The van der Waals surface area contributed by atoms with Crippen molar-refractivity contribution in [3.63, 3.8) is 0 Å². The zero-order valence-corrected chi connectivity index (χ0v) is 10.3. The minimum absolute atomic E-state index is 0.547. The summed E-state index contributed by atoms with van der Waals surface area (Å²) in [4.78, 5) is 7.49. The van der Waals surface area contributed by atoms with E-state index in [0.29, 0.717) is 12.2 Å². The second-order valence-corrected chi connectivity index (χ2v) is 4.40. The van der Waals surface area contributed by atoms with Gasteiger partial charge in [-0.1, -0.05) is 12.2 Å². The number of nitrogens with two attached hydrogens (primary N) is 1. The zero-order chi connectivity index (χ0) is 12.3.